The highest BCUT2D eigenvalue weighted by atomic mass is 32.2. The summed E-state index contributed by atoms with van der Waals surface area (Å²) in [4.78, 5) is 16.0. The molecule has 6 nitrogen and oxygen atoms in total. The number of aromatic nitrogens is 2. The normalized spacial score (nSPS) is 30.9. The number of hydrogen-bond donors (Lipinski definition) is 2. The maximum Gasteiger partial charge on any atom is 0.274 e. The summed E-state index contributed by atoms with van der Waals surface area (Å²) < 4.78 is 26.4. The SMILES string of the molecule is Cn1cc(-c2cc(S(C)(=O)=O)ccc2CC2C3CC4CC2CC(O)(C4)C3)c2cc[nH]c2c1=O. The Bertz CT molecular complexity index is 1420. The van der Waals surface area contributed by atoms with E-state index in [0.717, 1.165) is 47.8 Å². The fraction of sp³-hybridized carbons (Fsp3) is 0.500. The number of nitrogens with one attached hydrogen (secondary N) is 1. The molecule has 2 aromatic heterocycles. The van der Waals surface area contributed by atoms with Crippen molar-refractivity contribution >= 4 is 20.7 Å². The number of pyridine rings is 1. The molecule has 0 amide bonds. The Hall–Kier alpha value is -2.38. The third kappa shape index (κ3) is 3.39. The Morgan fingerprint density at radius 3 is 2.52 bits per heavy atom. The van der Waals surface area contributed by atoms with Crippen LogP contribution < -0.4 is 5.56 Å². The van der Waals surface area contributed by atoms with E-state index in [-0.39, 0.29) is 10.5 Å². The van der Waals surface area contributed by atoms with E-state index in [1.54, 1.807) is 29.9 Å². The number of nitrogens with zero attached hydrogens (tertiary/aromatic N) is 1. The number of fused-ring (bicyclic) bond motifs is 1. The van der Waals surface area contributed by atoms with Gasteiger partial charge < -0.3 is 14.7 Å². The monoisotopic (exact) mass is 466 g/mol. The summed E-state index contributed by atoms with van der Waals surface area (Å²) in [5.41, 5.74) is 2.83. The van der Waals surface area contributed by atoms with Crippen LogP contribution >= 0.6 is 0 Å². The second-order valence-electron chi connectivity index (χ2n) is 10.9. The van der Waals surface area contributed by atoms with E-state index < -0.39 is 15.4 Å². The molecule has 174 valence electrons. The van der Waals surface area contributed by atoms with Gasteiger partial charge in [0, 0.05) is 36.6 Å². The second kappa shape index (κ2) is 7.06. The molecule has 33 heavy (non-hydrogen) atoms. The fourth-order valence-electron chi connectivity index (χ4n) is 7.37. The maximum absolute atomic E-state index is 12.6. The largest absolute Gasteiger partial charge is 0.390 e. The molecule has 1 aromatic carbocycles. The minimum atomic E-state index is -3.38. The van der Waals surface area contributed by atoms with Crippen LogP contribution in [0.15, 0.2) is 46.3 Å². The molecule has 3 aromatic rings. The lowest BCUT2D eigenvalue weighted by Crippen LogP contribution is -2.55. The molecule has 2 N–H and O–H groups in total. The molecular weight excluding hydrogens is 436 g/mol. The zero-order valence-electron chi connectivity index (χ0n) is 19.0. The highest BCUT2D eigenvalue weighted by Crippen LogP contribution is 2.59. The lowest BCUT2D eigenvalue weighted by atomic mass is 9.49. The average Bonchev–Trinajstić information content (AvgIpc) is 3.22. The van der Waals surface area contributed by atoms with Crippen LogP contribution in [0, 0.1) is 23.7 Å². The van der Waals surface area contributed by atoms with E-state index in [4.69, 9.17) is 0 Å². The van der Waals surface area contributed by atoms with Crippen LogP contribution in [0.3, 0.4) is 0 Å². The van der Waals surface area contributed by atoms with Gasteiger partial charge in [-0.15, -0.1) is 0 Å². The fourth-order valence-corrected chi connectivity index (χ4v) is 8.02. The predicted molar refractivity (Wildman–Crippen MR) is 128 cm³/mol. The molecule has 2 atom stereocenters. The lowest BCUT2D eigenvalue weighted by Gasteiger charge is -2.58. The smallest absolute Gasteiger partial charge is 0.274 e. The summed E-state index contributed by atoms with van der Waals surface area (Å²) >= 11 is 0. The van der Waals surface area contributed by atoms with Crippen LogP contribution in [0.2, 0.25) is 0 Å². The van der Waals surface area contributed by atoms with Gasteiger partial charge in [0.2, 0.25) is 0 Å². The number of aromatic amines is 1. The molecular formula is C26H30N2O4S. The maximum atomic E-state index is 12.6. The summed E-state index contributed by atoms with van der Waals surface area (Å²) in [7, 11) is -1.65. The summed E-state index contributed by atoms with van der Waals surface area (Å²) in [6.45, 7) is 0. The molecule has 0 aliphatic heterocycles. The number of hydrogen-bond acceptors (Lipinski definition) is 4. The van der Waals surface area contributed by atoms with E-state index in [0.29, 0.717) is 29.2 Å². The van der Waals surface area contributed by atoms with Crippen LogP contribution in [0.5, 0.6) is 0 Å². The first-order valence-electron chi connectivity index (χ1n) is 11.8. The van der Waals surface area contributed by atoms with E-state index >= 15 is 0 Å². The summed E-state index contributed by atoms with van der Waals surface area (Å²) in [6.07, 6.45) is 10.8. The van der Waals surface area contributed by atoms with Crippen LogP contribution in [0.4, 0.5) is 0 Å². The summed E-state index contributed by atoms with van der Waals surface area (Å²) in [5.74, 6) is 2.20. The number of aliphatic hydroxyl groups is 1. The Kier molecular flexibility index (Phi) is 4.53. The highest BCUT2D eigenvalue weighted by Gasteiger charge is 2.54. The number of benzene rings is 1. The van der Waals surface area contributed by atoms with Gasteiger partial charge in [0.15, 0.2) is 9.84 Å². The van der Waals surface area contributed by atoms with Gasteiger partial charge in [-0.25, -0.2) is 8.42 Å². The van der Waals surface area contributed by atoms with Gasteiger partial charge in [-0.05, 0) is 91.5 Å². The number of H-pyrrole nitrogens is 1. The van der Waals surface area contributed by atoms with Crippen LogP contribution in [-0.2, 0) is 23.3 Å². The van der Waals surface area contributed by atoms with Crippen molar-refractivity contribution < 1.29 is 13.5 Å². The van der Waals surface area contributed by atoms with Gasteiger partial charge in [0.25, 0.3) is 5.56 Å². The van der Waals surface area contributed by atoms with Crippen molar-refractivity contribution in [2.45, 2.75) is 49.0 Å². The van der Waals surface area contributed by atoms with E-state index in [1.165, 1.54) is 19.1 Å². The molecule has 7 rings (SSSR count). The Morgan fingerprint density at radius 1 is 1.12 bits per heavy atom. The van der Waals surface area contributed by atoms with Crippen molar-refractivity contribution in [3.63, 3.8) is 0 Å². The van der Waals surface area contributed by atoms with Gasteiger partial charge in [-0.1, -0.05) is 6.07 Å². The van der Waals surface area contributed by atoms with Gasteiger partial charge >= 0.3 is 0 Å². The lowest BCUT2D eigenvalue weighted by molar-refractivity contribution is -0.151. The first kappa shape index (κ1) is 21.2. The Morgan fingerprint density at radius 2 is 1.85 bits per heavy atom. The molecule has 4 saturated carbocycles. The molecule has 2 heterocycles. The van der Waals surface area contributed by atoms with E-state index in [1.807, 2.05) is 18.3 Å². The van der Waals surface area contributed by atoms with Crippen molar-refractivity contribution in [1.82, 2.24) is 9.55 Å². The van der Waals surface area contributed by atoms with Crippen molar-refractivity contribution in [2.24, 2.45) is 30.7 Å². The number of rotatable bonds is 4. The second-order valence-corrected chi connectivity index (χ2v) is 12.9. The van der Waals surface area contributed by atoms with Crippen LogP contribution in [-0.4, -0.2) is 34.9 Å². The molecule has 4 fully saturated rings. The molecule has 4 bridgehead atoms. The minimum Gasteiger partial charge on any atom is -0.390 e. The Labute approximate surface area is 193 Å². The first-order valence-corrected chi connectivity index (χ1v) is 13.7. The van der Waals surface area contributed by atoms with E-state index in [9.17, 15) is 18.3 Å². The standard InChI is InChI=1S/C26H30N2O4S/c1-28-14-23(20-5-6-27-24(20)25(28)29)22-10-19(33(2,31)32)4-3-16(22)9-21-17-7-15-8-18(21)13-26(30,11-15)12-17/h3-6,10,14-15,17-18,21,27,30H,7-9,11-13H2,1-2H3. The number of sulfone groups is 1. The number of aryl methyl sites for hydroxylation is 1. The quantitative estimate of drug-likeness (QED) is 0.614. The van der Waals surface area contributed by atoms with Crippen LogP contribution in [0.1, 0.15) is 37.7 Å². The van der Waals surface area contributed by atoms with Crippen LogP contribution in [0.25, 0.3) is 22.0 Å². The van der Waals surface area contributed by atoms with Gasteiger partial charge in [0.1, 0.15) is 5.52 Å². The third-order valence-electron chi connectivity index (χ3n) is 8.59. The van der Waals surface area contributed by atoms with Crippen molar-refractivity contribution in [3.05, 3.63) is 52.6 Å². The molecule has 0 spiro atoms. The molecule has 0 saturated heterocycles. The third-order valence-corrected chi connectivity index (χ3v) is 9.70. The topological polar surface area (TPSA) is 92.2 Å². The zero-order valence-corrected chi connectivity index (χ0v) is 19.9. The molecule has 4 aliphatic carbocycles. The Balaban J connectivity index is 1.48. The zero-order chi connectivity index (χ0) is 23.1. The summed E-state index contributed by atoms with van der Waals surface area (Å²) in [6, 6.07) is 7.35. The molecule has 4 aliphatic rings. The van der Waals surface area contributed by atoms with Crippen molar-refractivity contribution in [2.75, 3.05) is 6.26 Å². The highest BCUT2D eigenvalue weighted by molar-refractivity contribution is 7.90. The van der Waals surface area contributed by atoms with Gasteiger partial charge in [0.05, 0.1) is 10.5 Å². The van der Waals surface area contributed by atoms with Crippen molar-refractivity contribution in [1.29, 1.82) is 0 Å². The predicted octanol–water partition coefficient (Wildman–Crippen LogP) is 3.67. The average molecular weight is 467 g/mol. The molecule has 2 unspecified atom stereocenters. The van der Waals surface area contributed by atoms with Gasteiger partial charge in [-0.2, -0.15) is 0 Å². The van der Waals surface area contributed by atoms with E-state index in [2.05, 4.69) is 4.98 Å². The molecule has 7 heteroatoms. The van der Waals surface area contributed by atoms with Gasteiger partial charge in [-0.3, -0.25) is 4.79 Å². The van der Waals surface area contributed by atoms with Crippen molar-refractivity contribution in [3.8, 4) is 11.1 Å². The first-order chi connectivity index (χ1) is 15.6. The molecule has 0 radical (unpaired) electrons. The minimum absolute atomic E-state index is 0.103. The summed E-state index contributed by atoms with van der Waals surface area (Å²) in [5, 5.41) is 11.8.